The third-order valence-electron chi connectivity index (χ3n) is 3.33. The molecule has 0 atom stereocenters. The third-order valence-corrected chi connectivity index (χ3v) is 59.9. The van der Waals surface area contributed by atoms with Gasteiger partial charge in [0, 0.05) is 0 Å². The molecule has 98 valence electrons. The maximum absolute atomic E-state index is 6.36. The molecule has 0 rings (SSSR count). The Hall–Kier alpha value is 2.52. The van der Waals surface area contributed by atoms with E-state index < -0.39 is 24.2 Å². The second-order valence-electron chi connectivity index (χ2n) is 7.58. The Balaban J connectivity index is 5.82. The van der Waals surface area contributed by atoms with E-state index in [0.717, 1.165) is 2.33 Å². The number of halogens is 1. The van der Waals surface area contributed by atoms with Gasteiger partial charge in [-0.1, -0.05) is 0 Å². The molecule has 0 radical (unpaired) electrons. The van der Waals surface area contributed by atoms with Crippen LogP contribution >= 0.6 is 8.96 Å². The summed E-state index contributed by atoms with van der Waals surface area (Å²) in [7, 11) is 3.06. The van der Waals surface area contributed by atoms with Crippen molar-refractivity contribution in [2.45, 2.75) is 61.3 Å². The summed E-state index contributed by atoms with van der Waals surface area (Å²) >= 11 is -0.0604. The number of hydrogen-bond acceptors (Lipinski definition) is 0. The zero-order valence-corrected chi connectivity index (χ0v) is 20.6. The van der Waals surface area contributed by atoms with Crippen LogP contribution in [-0.2, 0) is 0 Å². The van der Waals surface area contributed by atoms with Crippen LogP contribution in [-0.4, -0.2) is 57.2 Å². The van der Waals surface area contributed by atoms with Gasteiger partial charge in [-0.05, 0) is 0 Å². The minimum absolute atomic E-state index is 0.0860. The van der Waals surface area contributed by atoms with Crippen LogP contribution in [0.25, 0.3) is 0 Å². The van der Waals surface area contributed by atoms with E-state index in [9.17, 15) is 0 Å². The summed E-state index contributed by atoms with van der Waals surface area (Å²) < 4.78 is 0.835. The average molecular weight is 522 g/mol. The van der Waals surface area contributed by atoms with Crippen LogP contribution in [0.3, 0.4) is 0 Å². The summed E-state index contributed by atoms with van der Waals surface area (Å²) in [5.74, 6) is 0. The molecule has 0 fully saturated rings. The van der Waals surface area contributed by atoms with Gasteiger partial charge >= 0.3 is 127 Å². The summed E-state index contributed by atoms with van der Waals surface area (Å²) in [6.45, 7) is 23.6. The maximum atomic E-state index is 6.36. The van der Waals surface area contributed by atoms with Crippen molar-refractivity contribution in [1.82, 2.24) is 0 Å². The molecule has 0 spiro atoms. The van der Waals surface area contributed by atoms with Gasteiger partial charge in [0.05, 0.1) is 0 Å². The van der Waals surface area contributed by atoms with Crippen molar-refractivity contribution in [1.29, 1.82) is 0 Å². The Labute approximate surface area is 126 Å². The molecule has 0 aliphatic carbocycles. The normalized spacial score (nSPS) is 15.4. The van der Waals surface area contributed by atoms with Crippen LogP contribution in [0.15, 0.2) is 0 Å². The fourth-order valence-corrected chi connectivity index (χ4v) is 100. The number of hydrogen-bond donors (Lipinski definition) is 0. The molecule has 0 saturated carbocycles. The molecule has 0 saturated heterocycles. The van der Waals surface area contributed by atoms with Gasteiger partial charge in [-0.2, -0.15) is 0 Å². The van der Waals surface area contributed by atoms with Gasteiger partial charge in [-0.3, -0.25) is 0 Å². The minimum atomic E-state index is -1.10. The molecule has 0 amide bonds. The van der Waals surface area contributed by atoms with Crippen LogP contribution in [0.5, 0.6) is 0 Å². The molecule has 0 aromatic rings. The molecular weight excluding hydrogens is 495 g/mol. The van der Waals surface area contributed by atoms with Crippen molar-refractivity contribution < 1.29 is 0 Å². The molecule has 0 aliphatic rings. The second-order valence-corrected chi connectivity index (χ2v) is 42.0. The van der Waals surface area contributed by atoms with E-state index >= 15 is 0 Å². The van der Waals surface area contributed by atoms with Crippen LogP contribution < -0.4 is 0 Å². The molecule has 0 nitrogen and oxygen atoms in total. The summed E-state index contributed by atoms with van der Waals surface area (Å²) in [5.41, 5.74) is 0. The van der Waals surface area contributed by atoms with Crippen molar-refractivity contribution in [2.75, 3.05) is 0 Å². The first-order valence-electron chi connectivity index (χ1n) is 5.78. The summed E-state index contributed by atoms with van der Waals surface area (Å²) in [6, 6.07) is 0. The van der Waals surface area contributed by atoms with Crippen LogP contribution in [0.4, 0.5) is 0 Å². The first-order valence-corrected chi connectivity index (χ1v) is 27.7. The summed E-state index contributed by atoms with van der Waals surface area (Å²) in [6.07, 6.45) is 0. The molecule has 0 unspecified atom stereocenters. The second kappa shape index (κ2) is 5.88. The van der Waals surface area contributed by atoms with E-state index in [1.807, 2.05) is 0 Å². The van der Waals surface area contributed by atoms with E-state index in [1.54, 1.807) is 0 Å². The Morgan fingerprint density at radius 2 is 0.938 bits per heavy atom. The summed E-state index contributed by atoms with van der Waals surface area (Å²) in [5, 5.41) is 0. The van der Waals surface area contributed by atoms with Gasteiger partial charge in [0.2, 0.25) is 0 Å². The van der Waals surface area contributed by atoms with Crippen molar-refractivity contribution in [3.8, 4) is 0 Å². The standard InChI is InChI=1S/C10H27ClSi3Te2/c1-12(2,3)10(15-16-11,13(4,5)6)14(7,8)9/h1-9H3. The SMILES string of the molecule is C[Si](C)(C)C([Te][Te]Cl)([Si](C)(C)C)[Si](C)(C)C. The zero-order valence-electron chi connectivity index (χ0n) is 12.2. The van der Waals surface area contributed by atoms with Crippen molar-refractivity contribution in [2.24, 2.45) is 0 Å². The molecule has 0 aliphatic heterocycles. The molecule has 6 heteroatoms. The Morgan fingerprint density at radius 3 is 1.00 bits per heavy atom. The van der Waals surface area contributed by atoms with Gasteiger partial charge in [0.15, 0.2) is 0 Å². The summed E-state index contributed by atoms with van der Waals surface area (Å²) in [4.78, 5) is 0. The van der Waals surface area contributed by atoms with E-state index in [0.29, 0.717) is 0 Å². The molecule has 0 bridgehead atoms. The van der Waals surface area contributed by atoms with Crippen LogP contribution in [0.1, 0.15) is 0 Å². The van der Waals surface area contributed by atoms with Crippen LogP contribution in [0.2, 0.25) is 61.3 Å². The van der Waals surface area contributed by atoms with E-state index in [-0.39, 0.29) is 33.0 Å². The molecule has 16 heavy (non-hydrogen) atoms. The first kappa shape index (κ1) is 18.5. The molecule has 0 N–H and O–H groups in total. The fraction of sp³-hybridized carbons (Fsp3) is 1.00. The predicted octanol–water partition coefficient (Wildman–Crippen LogP) is 4.25. The average Bonchev–Trinajstić information content (AvgIpc) is 1.91. The zero-order chi connectivity index (χ0) is 13.4. The van der Waals surface area contributed by atoms with E-state index in [2.05, 4.69) is 58.9 Å². The Bertz CT molecular complexity index is 202. The Morgan fingerprint density at radius 1 is 0.688 bits per heavy atom. The van der Waals surface area contributed by atoms with Gasteiger partial charge in [-0.15, -0.1) is 0 Å². The first-order chi connectivity index (χ1) is 6.81. The van der Waals surface area contributed by atoms with Gasteiger partial charge in [0.1, 0.15) is 0 Å². The molecule has 0 aromatic heterocycles. The number of rotatable bonds is 5. The van der Waals surface area contributed by atoms with E-state index in [4.69, 9.17) is 8.96 Å². The quantitative estimate of drug-likeness (QED) is 0.474. The van der Waals surface area contributed by atoms with Crippen LogP contribution in [0, 0.1) is 0 Å². The fourth-order valence-electron chi connectivity index (χ4n) is 3.80. The van der Waals surface area contributed by atoms with Crippen molar-refractivity contribution in [3.05, 3.63) is 0 Å². The van der Waals surface area contributed by atoms with Crippen molar-refractivity contribution >= 4 is 66.2 Å². The van der Waals surface area contributed by atoms with Gasteiger partial charge in [-0.25, -0.2) is 0 Å². The van der Waals surface area contributed by atoms with Gasteiger partial charge < -0.3 is 0 Å². The van der Waals surface area contributed by atoms with E-state index in [1.165, 1.54) is 0 Å². The Kier molecular flexibility index (Phi) is 6.80. The third kappa shape index (κ3) is 3.54. The molecule has 0 aromatic carbocycles. The topological polar surface area (TPSA) is 0 Å². The monoisotopic (exact) mass is 526 g/mol. The van der Waals surface area contributed by atoms with Crippen molar-refractivity contribution in [3.63, 3.8) is 0 Å². The van der Waals surface area contributed by atoms with Gasteiger partial charge in [0.25, 0.3) is 0 Å². The molecular formula is C10H27ClSi3Te2. The predicted molar refractivity (Wildman–Crippen MR) is 90.1 cm³/mol. The molecule has 0 heterocycles.